The van der Waals surface area contributed by atoms with E-state index in [1.165, 1.54) is 13.3 Å². The monoisotopic (exact) mass is 179 g/mol. The van der Waals surface area contributed by atoms with Gasteiger partial charge < -0.3 is 9.94 Å². The molecule has 1 aromatic carbocycles. The number of oxime groups is 1. The minimum atomic E-state index is -0.449. The van der Waals surface area contributed by atoms with Gasteiger partial charge >= 0.3 is 5.97 Å². The second kappa shape index (κ2) is 4.25. The van der Waals surface area contributed by atoms with Gasteiger partial charge in [-0.05, 0) is 6.07 Å². The quantitative estimate of drug-likeness (QED) is 0.322. The van der Waals surface area contributed by atoms with Crippen LogP contribution in [0.25, 0.3) is 0 Å². The molecule has 0 aliphatic rings. The number of hydrogen-bond acceptors (Lipinski definition) is 4. The van der Waals surface area contributed by atoms with Gasteiger partial charge in [0.05, 0.1) is 18.9 Å². The van der Waals surface area contributed by atoms with Gasteiger partial charge in [-0.25, -0.2) is 4.79 Å². The molecule has 4 nitrogen and oxygen atoms in total. The lowest BCUT2D eigenvalue weighted by Gasteiger charge is -2.01. The zero-order valence-corrected chi connectivity index (χ0v) is 7.10. The van der Waals surface area contributed by atoms with Crippen LogP contribution in [0.2, 0.25) is 0 Å². The smallest absolute Gasteiger partial charge is 0.338 e. The molecule has 0 aromatic heterocycles. The van der Waals surface area contributed by atoms with Crippen LogP contribution in [-0.2, 0) is 4.74 Å². The molecule has 0 amide bonds. The molecular weight excluding hydrogens is 170 g/mol. The van der Waals surface area contributed by atoms with Crippen molar-refractivity contribution in [2.75, 3.05) is 7.11 Å². The third-order valence-electron chi connectivity index (χ3n) is 1.56. The third-order valence-corrected chi connectivity index (χ3v) is 1.56. The van der Waals surface area contributed by atoms with Gasteiger partial charge in [0.25, 0.3) is 0 Å². The number of carbonyl (C=O) groups excluding carboxylic acids is 1. The van der Waals surface area contributed by atoms with Gasteiger partial charge in [0.2, 0.25) is 0 Å². The van der Waals surface area contributed by atoms with Crippen molar-refractivity contribution in [3.05, 3.63) is 35.4 Å². The molecule has 0 aliphatic carbocycles. The molecule has 13 heavy (non-hydrogen) atoms. The fourth-order valence-corrected chi connectivity index (χ4v) is 0.968. The van der Waals surface area contributed by atoms with Gasteiger partial charge in [-0.15, -0.1) is 0 Å². The van der Waals surface area contributed by atoms with E-state index in [0.717, 1.165) is 0 Å². The third kappa shape index (κ3) is 2.05. The first-order chi connectivity index (χ1) is 6.29. The molecule has 1 aromatic rings. The second-order valence-corrected chi connectivity index (χ2v) is 2.32. The molecule has 1 rings (SSSR count). The molecule has 0 fully saturated rings. The summed E-state index contributed by atoms with van der Waals surface area (Å²) < 4.78 is 4.54. The van der Waals surface area contributed by atoms with Crippen LogP contribution < -0.4 is 0 Å². The predicted octanol–water partition coefficient (Wildman–Crippen LogP) is 1.28. The van der Waals surface area contributed by atoms with E-state index < -0.39 is 5.97 Å². The number of esters is 1. The number of hydrogen-bond donors (Lipinski definition) is 1. The minimum Gasteiger partial charge on any atom is -0.465 e. The first-order valence-electron chi connectivity index (χ1n) is 3.64. The van der Waals surface area contributed by atoms with Crippen LogP contribution >= 0.6 is 0 Å². The maximum Gasteiger partial charge on any atom is 0.338 e. The van der Waals surface area contributed by atoms with Crippen LogP contribution in [0.5, 0.6) is 0 Å². The van der Waals surface area contributed by atoms with Crippen LogP contribution in [0.4, 0.5) is 0 Å². The number of ether oxygens (including phenoxy) is 1. The number of carbonyl (C=O) groups is 1. The lowest BCUT2D eigenvalue weighted by molar-refractivity contribution is 0.0600. The topological polar surface area (TPSA) is 58.9 Å². The molecule has 0 unspecified atom stereocenters. The predicted molar refractivity (Wildman–Crippen MR) is 47.2 cm³/mol. The summed E-state index contributed by atoms with van der Waals surface area (Å²) in [5, 5.41) is 11.2. The summed E-state index contributed by atoms with van der Waals surface area (Å²) in [5.74, 6) is -0.449. The largest absolute Gasteiger partial charge is 0.465 e. The van der Waals surface area contributed by atoms with Crippen LogP contribution in [-0.4, -0.2) is 24.5 Å². The Morgan fingerprint density at radius 1 is 1.54 bits per heavy atom. The number of nitrogens with zero attached hydrogens (tertiary/aromatic N) is 1. The summed E-state index contributed by atoms with van der Waals surface area (Å²) in [7, 11) is 1.30. The molecule has 4 heteroatoms. The first kappa shape index (κ1) is 9.25. The molecule has 0 bridgehead atoms. The van der Waals surface area contributed by atoms with Crippen LogP contribution in [0.15, 0.2) is 29.4 Å². The van der Waals surface area contributed by atoms with Crippen LogP contribution in [0.1, 0.15) is 15.9 Å². The summed E-state index contributed by atoms with van der Waals surface area (Å²) in [6.07, 6.45) is 1.19. The summed E-state index contributed by atoms with van der Waals surface area (Å²) in [5.41, 5.74) is 0.902. The van der Waals surface area contributed by atoms with E-state index in [-0.39, 0.29) is 0 Å². The highest BCUT2D eigenvalue weighted by molar-refractivity contribution is 5.99. The Bertz CT molecular complexity index is 333. The molecule has 0 saturated heterocycles. The Labute approximate surface area is 75.4 Å². The molecule has 0 aliphatic heterocycles. The number of methoxy groups -OCH3 is 1. The van der Waals surface area contributed by atoms with Gasteiger partial charge in [-0.1, -0.05) is 23.4 Å². The zero-order chi connectivity index (χ0) is 9.68. The van der Waals surface area contributed by atoms with Crippen molar-refractivity contribution in [2.45, 2.75) is 0 Å². The Kier molecular flexibility index (Phi) is 3.03. The lowest BCUT2D eigenvalue weighted by Crippen LogP contribution is -2.04. The number of rotatable bonds is 2. The molecule has 0 heterocycles. The van der Waals surface area contributed by atoms with Crippen LogP contribution in [0, 0.1) is 0 Å². The van der Waals surface area contributed by atoms with Gasteiger partial charge in [0.15, 0.2) is 0 Å². The molecule has 68 valence electrons. The fourth-order valence-electron chi connectivity index (χ4n) is 0.968. The summed E-state index contributed by atoms with van der Waals surface area (Å²) in [6.45, 7) is 0. The molecule has 0 radical (unpaired) electrons. The van der Waals surface area contributed by atoms with E-state index in [9.17, 15) is 4.79 Å². The van der Waals surface area contributed by atoms with Crippen molar-refractivity contribution >= 4 is 12.2 Å². The number of benzene rings is 1. The normalized spacial score (nSPS) is 10.2. The van der Waals surface area contributed by atoms with Gasteiger partial charge in [-0.3, -0.25) is 0 Å². The highest BCUT2D eigenvalue weighted by Crippen LogP contribution is 2.07. The van der Waals surface area contributed by atoms with Gasteiger partial charge in [0.1, 0.15) is 0 Å². The van der Waals surface area contributed by atoms with Crippen molar-refractivity contribution in [3.8, 4) is 0 Å². The van der Waals surface area contributed by atoms with Crippen molar-refractivity contribution < 1.29 is 14.7 Å². The Morgan fingerprint density at radius 2 is 2.23 bits per heavy atom. The molecule has 1 N–H and O–H groups in total. The average Bonchev–Trinajstić information content (AvgIpc) is 2.18. The Hall–Kier alpha value is -1.84. The molecule has 0 atom stereocenters. The Balaban J connectivity index is 3.11. The summed E-state index contributed by atoms with van der Waals surface area (Å²) in [6, 6.07) is 6.71. The van der Waals surface area contributed by atoms with Crippen molar-refractivity contribution in [1.29, 1.82) is 0 Å². The van der Waals surface area contributed by atoms with E-state index in [4.69, 9.17) is 5.21 Å². The minimum absolute atomic E-state index is 0.378. The first-order valence-corrected chi connectivity index (χ1v) is 3.64. The van der Waals surface area contributed by atoms with Crippen molar-refractivity contribution in [2.24, 2.45) is 5.16 Å². The summed E-state index contributed by atoms with van der Waals surface area (Å²) in [4.78, 5) is 11.1. The second-order valence-electron chi connectivity index (χ2n) is 2.32. The van der Waals surface area contributed by atoms with Crippen LogP contribution in [0.3, 0.4) is 0 Å². The molecule has 0 spiro atoms. The maximum atomic E-state index is 11.1. The standard InChI is InChI=1S/C9H9NO3/c1-13-9(11)8-5-3-2-4-7(8)6-10-12/h2-6,12H,1H3/b10-6+. The fraction of sp³-hybridized carbons (Fsp3) is 0.111. The van der Waals surface area contributed by atoms with E-state index in [2.05, 4.69) is 9.89 Å². The van der Waals surface area contributed by atoms with E-state index >= 15 is 0 Å². The highest BCUT2D eigenvalue weighted by Gasteiger charge is 2.08. The Morgan fingerprint density at radius 3 is 2.85 bits per heavy atom. The van der Waals surface area contributed by atoms with Crippen molar-refractivity contribution in [1.82, 2.24) is 0 Å². The van der Waals surface area contributed by atoms with Gasteiger partial charge in [-0.2, -0.15) is 0 Å². The summed E-state index contributed by atoms with van der Waals surface area (Å²) >= 11 is 0. The zero-order valence-electron chi connectivity index (χ0n) is 7.10. The lowest BCUT2D eigenvalue weighted by atomic mass is 10.1. The highest BCUT2D eigenvalue weighted by atomic mass is 16.5. The van der Waals surface area contributed by atoms with E-state index in [1.54, 1.807) is 24.3 Å². The average molecular weight is 179 g/mol. The van der Waals surface area contributed by atoms with Gasteiger partial charge in [0, 0.05) is 5.56 Å². The van der Waals surface area contributed by atoms with Crippen molar-refractivity contribution in [3.63, 3.8) is 0 Å². The van der Waals surface area contributed by atoms with E-state index in [0.29, 0.717) is 11.1 Å². The molecule has 0 saturated carbocycles. The van der Waals surface area contributed by atoms with E-state index in [1.807, 2.05) is 0 Å². The SMILES string of the molecule is COC(=O)c1ccccc1/C=N/O. The molecular formula is C9H9NO3. The maximum absolute atomic E-state index is 11.1.